The molecule has 39 heavy (non-hydrogen) atoms. The highest BCUT2D eigenvalue weighted by Gasteiger charge is 2.47. The Morgan fingerprint density at radius 3 is 2.23 bits per heavy atom. The van der Waals surface area contributed by atoms with Crippen LogP contribution < -0.4 is 4.90 Å². The second-order valence-electron chi connectivity index (χ2n) is 9.42. The topological polar surface area (TPSA) is 117 Å². The lowest BCUT2D eigenvalue weighted by molar-refractivity contribution is -0.157. The molecule has 0 spiro atoms. The Morgan fingerprint density at radius 2 is 1.62 bits per heavy atom. The molecule has 0 saturated carbocycles. The van der Waals surface area contributed by atoms with Gasteiger partial charge in [0.1, 0.15) is 11.9 Å². The summed E-state index contributed by atoms with van der Waals surface area (Å²) in [7, 11) is 0. The van der Waals surface area contributed by atoms with Crippen molar-refractivity contribution in [3.8, 4) is 0 Å². The van der Waals surface area contributed by atoms with Crippen molar-refractivity contribution in [2.24, 2.45) is 5.92 Å². The zero-order valence-electron chi connectivity index (χ0n) is 21.4. The summed E-state index contributed by atoms with van der Waals surface area (Å²) in [5.41, 5.74) is 3.16. The lowest BCUT2D eigenvalue weighted by Crippen LogP contribution is -2.50. The van der Waals surface area contributed by atoms with Gasteiger partial charge in [-0.25, -0.2) is 4.39 Å². The SMILES string of the molecule is CCOC(=O)C1C(=O)N(CCN2C(=O)c3ccccc3C2=O)c2c(ncc(Cc3ccc(F)cc3)c2C)C1O. The molecule has 2 aromatic carbocycles. The molecule has 3 heterocycles. The van der Waals surface area contributed by atoms with Gasteiger partial charge >= 0.3 is 5.97 Å². The third-order valence-corrected chi connectivity index (χ3v) is 7.11. The number of rotatable bonds is 7. The molecule has 1 aromatic heterocycles. The number of aliphatic hydroxyl groups excluding tert-OH is 1. The van der Waals surface area contributed by atoms with Crippen LogP contribution in [0.4, 0.5) is 10.1 Å². The molecule has 3 aromatic rings. The van der Waals surface area contributed by atoms with Crippen molar-refractivity contribution in [2.75, 3.05) is 24.6 Å². The second-order valence-corrected chi connectivity index (χ2v) is 9.42. The number of esters is 1. The van der Waals surface area contributed by atoms with Gasteiger partial charge < -0.3 is 14.7 Å². The van der Waals surface area contributed by atoms with Gasteiger partial charge in [0.05, 0.1) is 29.1 Å². The highest BCUT2D eigenvalue weighted by molar-refractivity contribution is 6.21. The first-order valence-corrected chi connectivity index (χ1v) is 12.6. The normalized spacial score (nSPS) is 18.3. The highest BCUT2D eigenvalue weighted by atomic mass is 19.1. The summed E-state index contributed by atoms with van der Waals surface area (Å²) in [5.74, 6) is -4.45. The van der Waals surface area contributed by atoms with Crippen molar-refractivity contribution >= 4 is 29.4 Å². The summed E-state index contributed by atoms with van der Waals surface area (Å²) in [6, 6.07) is 12.5. The number of anilines is 1. The lowest BCUT2D eigenvalue weighted by Gasteiger charge is -2.37. The molecule has 9 nitrogen and oxygen atoms in total. The van der Waals surface area contributed by atoms with Gasteiger partial charge in [0.2, 0.25) is 5.91 Å². The van der Waals surface area contributed by atoms with Crippen molar-refractivity contribution in [3.63, 3.8) is 0 Å². The van der Waals surface area contributed by atoms with E-state index in [9.17, 15) is 28.7 Å². The zero-order chi connectivity index (χ0) is 27.8. The fraction of sp³-hybridized carbons (Fsp3) is 0.276. The number of benzene rings is 2. The monoisotopic (exact) mass is 531 g/mol. The number of amides is 3. The molecular formula is C29H26FN3O6. The van der Waals surface area contributed by atoms with E-state index in [1.54, 1.807) is 56.4 Å². The van der Waals surface area contributed by atoms with Gasteiger partial charge in [0, 0.05) is 19.3 Å². The summed E-state index contributed by atoms with van der Waals surface area (Å²) < 4.78 is 18.5. The van der Waals surface area contributed by atoms with Crippen molar-refractivity contribution in [2.45, 2.75) is 26.4 Å². The van der Waals surface area contributed by atoms with Gasteiger partial charge in [-0.15, -0.1) is 0 Å². The zero-order valence-corrected chi connectivity index (χ0v) is 21.4. The van der Waals surface area contributed by atoms with Crippen LogP contribution in [0.25, 0.3) is 0 Å². The van der Waals surface area contributed by atoms with Crippen molar-refractivity contribution in [1.82, 2.24) is 9.88 Å². The number of carbonyl (C=O) groups excluding carboxylic acids is 4. The predicted octanol–water partition coefficient (Wildman–Crippen LogP) is 2.98. The minimum Gasteiger partial charge on any atom is -0.465 e. The molecule has 2 atom stereocenters. The molecule has 5 rings (SSSR count). The standard InChI is InChI=1S/C29H26FN3O6/c1-3-39-29(38)22-25(34)23-24(16(2)18(15-31-23)14-17-8-10-19(30)11-9-17)32(28(22)37)12-13-33-26(35)20-6-4-5-7-21(20)27(33)36/h4-11,15,22,25,34H,3,12-14H2,1-2H3. The smallest absolute Gasteiger partial charge is 0.321 e. The Bertz CT molecular complexity index is 1450. The Labute approximate surface area is 223 Å². The molecular weight excluding hydrogens is 505 g/mol. The van der Waals surface area contributed by atoms with Gasteiger partial charge in [0.25, 0.3) is 11.8 Å². The van der Waals surface area contributed by atoms with E-state index < -0.39 is 35.7 Å². The van der Waals surface area contributed by atoms with Gasteiger partial charge in [-0.05, 0) is 61.2 Å². The molecule has 1 N–H and O–H groups in total. The largest absolute Gasteiger partial charge is 0.465 e. The predicted molar refractivity (Wildman–Crippen MR) is 137 cm³/mol. The number of carbonyl (C=O) groups is 4. The van der Waals surface area contributed by atoms with Crippen molar-refractivity contribution in [1.29, 1.82) is 0 Å². The number of nitrogens with zero attached hydrogens (tertiary/aromatic N) is 3. The van der Waals surface area contributed by atoms with E-state index in [0.29, 0.717) is 17.7 Å². The minimum absolute atomic E-state index is 0.0142. The number of pyridine rings is 1. The summed E-state index contributed by atoms with van der Waals surface area (Å²) >= 11 is 0. The quantitative estimate of drug-likeness (QED) is 0.283. The summed E-state index contributed by atoms with van der Waals surface area (Å²) in [6.07, 6.45) is 0.395. The van der Waals surface area contributed by atoms with Gasteiger partial charge in [-0.3, -0.25) is 29.1 Å². The maximum atomic E-state index is 13.7. The number of fused-ring (bicyclic) bond motifs is 2. The second kappa shape index (κ2) is 10.4. The molecule has 0 aliphatic carbocycles. The van der Waals surface area contributed by atoms with E-state index >= 15 is 0 Å². The van der Waals surface area contributed by atoms with Crippen LogP contribution in [-0.4, -0.2) is 58.4 Å². The third-order valence-electron chi connectivity index (χ3n) is 7.11. The number of imide groups is 1. The maximum absolute atomic E-state index is 13.7. The Hall–Kier alpha value is -4.44. The van der Waals surface area contributed by atoms with Crippen LogP contribution in [0.3, 0.4) is 0 Å². The number of hydrogen-bond acceptors (Lipinski definition) is 7. The number of halogens is 1. The van der Waals surface area contributed by atoms with Crippen LogP contribution >= 0.6 is 0 Å². The Morgan fingerprint density at radius 1 is 1.00 bits per heavy atom. The third kappa shape index (κ3) is 4.57. The van der Waals surface area contributed by atoms with Crippen LogP contribution in [0, 0.1) is 18.7 Å². The molecule has 2 aliphatic heterocycles. The van der Waals surface area contributed by atoms with Gasteiger partial charge in [0.15, 0.2) is 5.92 Å². The lowest BCUT2D eigenvalue weighted by atomic mass is 9.88. The fourth-order valence-corrected chi connectivity index (χ4v) is 5.10. The van der Waals surface area contributed by atoms with E-state index in [-0.39, 0.29) is 42.3 Å². The number of aliphatic hydroxyl groups is 1. The van der Waals surface area contributed by atoms with Crippen LogP contribution in [0.1, 0.15) is 56.1 Å². The average Bonchev–Trinajstić information content (AvgIpc) is 3.16. The van der Waals surface area contributed by atoms with E-state index in [2.05, 4.69) is 4.98 Å². The molecule has 0 saturated heterocycles. The molecule has 200 valence electrons. The molecule has 2 unspecified atom stereocenters. The Kier molecular flexibility index (Phi) is 6.96. The molecule has 2 aliphatic rings. The first-order chi connectivity index (χ1) is 18.7. The van der Waals surface area contributed by atoms with E-state index in [0.717, 1.165) is 16.0 Å². The van der Waals surface area contributed by atoms with E-state index in [1.807, 2.05) is 0 Å². The van der Waals surface area contributed by atoms with Crippen LogP contribution in [0.2, 0.25) is 0 Å². The number of aromatic nitrogens is 1. The van der Waals surface area contributed by atoms with E-state index in [4.69, 9.17) is 4.74 Å². The maximum Gasteiger partial charge on any atom is 0.321 e. The molecule has 0 radical (unpaired) electrons. The summed E-state index contributed by atoms with van der Waals surface area (Å²) in [5, 5.41) is 11.1. The molecule has 3 amide bonds. The number of ether oxygens (including phenoxy) is 1. The van der Waals surface area contributed by atoms with Crippen LogP contribution in [0.5, 0.6) is 0 Å². The van der Waals surface area contributed by atoms with E-state index in [1.165, 1.54) is 17.0 Å². The van der Waals surface area contributed by atoms with Gasteiger partial charge in [-0.1, -0.05) is 24.3 Å². The Balaban J connectivity index is 1.51. The minimum atomic E-state index is -1.55. The van der Waals surface area contributed by atoms with Crippen LogP contribution in [-0.2, 0) is 20.7 Å². The fourth-order valence-electron chi connectivity index (χ4n) is 5.10. The van der Waals surface area contributed by atoms with Crippen molar-refractivity contribution < 1.29 is 33.4 Å². The van der Waals surface area contributed by atoms with Crippen molar-refractivity contribution in [3.05, 3.63) is 94.1 Å². The number of hydrogen-bond donors (Lipinski definition) is 1. The highest BCUT2D eigenvalue weighted by Crippen LogP contribution is 2.40. The average molecular weight is 532 g/mol. The van der Waals surface area contributed by atoms with Crippen LogP contribution in [0.15, 0.2) is 54.7 Å². The van der Waals surface area contributed by atoms with Gasteiger partial charge in [-0.2, -0.15) is 0 Å². The first-order valence-electron chi connectivity index (χ1n) is 12.6. The summed E-state index contributed by atoms with van der Waals surface area (Å²) in [6.45, 7) is 3.11. The first kappa shape index (κ1) is 26.2. The molecule has 0 bridgehead atoms. The molecule has 10 heteroatoms. The molecule has 0 fully saturated rings. The summed E-state index contributed by atoms with van der Waals surface area (Å²) in [4.78, 5) is 59.0.